The number of rotatable bonds is 9. The molecule has 0 bridgehead atoms. The maximum absolute atomic E-state index is 14.5. The van der Waals surface area contributed by atoms with Crippen LogP contribution in [0.25, 0.3) is 0 Å². The SMILES string of the molecule is O=C(O)c1cc(CCCN2C(=O)OCC[C@@H]2/C=C/CC(F)(F)c2cccc(Br)c2)on1. The van der Waals surface area contributed by atoms with Crippen LogP contribution in [0.5, 0.6) is 0 Å². The van der Waals surface area contributed by atoms with Crippen molar-refractivity contribution in [2.45, 2.75) is 37.6 Å². The van der Waals surface area contributed by atoms with E-state index >= 15 is 0 Å². The van der Waals surface area contributed by atoms with Crippen LogP contribution in [0.2, 0.25) is 0 Å². The minimum atomic E-state index is -3.03. The molecule has 0 unspecified atom stereocenters. The fourth-order valence-corrected chi connectivity index (χ4v) is 3.66. The number of aromatic carboxylic acids is 1. The number of carbonyl (C=O) groups excluding carboxylic acids is 1. The number of cyclic esters (lactones) is 1. The number of benzene rings is 1. The predicted molar refractivity (Wildman–Crippen MR) is 110 cm³/mol. The lowest BCUT2D eigenvalue weighted by atomic mass is 10.0. The molecule has 1 aliphatic rings. The van der Waals surface area contributed by atoms with Crippen molar-refractivity contribution < 1.29 is 32.7 Å². The monoisotopic (exact) mass is 498 g/mol. The van der Waals surface area contributed by atoms with Gasteiger partial charge in [0.15, 0.2) is 5.69 Å². The Balaban J connectivity index is 1.58. The van der Waals surface area contributed by atoms with Crippen LogP contribution < -0.4 is 0 Å². The molecule has 1 fully saturated rings. The Morgan fingerprint density at radius 3 is 2.90 bits per heavy atom. The maximum atomic E-state index is 14.5. The number of nitrogens with zero attached hydrogens (tertiary/aromatic N) is 2. The lowest BCUT2D eigenvalue weighted by Crippen LogP contribution is -2.45. The maximum Gasteiger partial charge on any atom is 0.410 e. The molecule has 1 N–H and O–H groups in total. The summed E-state index contributed by atoms with van der Waals surface area (Å²) in [4.78, 5) is 24.5. The molecule has 166 valence electrons. The molecule has 2 aromatic rings. The van der Waals surface area contributed by atoms with E-state index in [9.17, 15) is 18.4 Å². The van der Waals surface area contributed by atoms with Crippen LogP contribution in [-0.2, 0) is 17.1 Å². The molecule has 2 heterocycles. The van der Waals surface area contributed by atoms with Gasteiger partial charge in [0.1, 0.15) is 5.76 Å². The van der Waals surface area contributed by atoms with Crippen molar-refractivity contribution in [1.29, 1.82) is 0 Å². The first-order valence-corrected chi connectivity index (χ1v) is 10.5. The second-order valence-electron chi connectivity index (χ2n) is 7.10. The highest BCUT2D eigenvalue weighted by Gasteiger charge is 2.31. The van der Waals surface area contributed by atoms with Gasteiger partial charge in [-0.2, -0.15) is 0 Å². The zero-order chi connectivity index (χ0) is 22.4. The number of allylic oxidation sites excluding steroid dienone is 1. The number of carboxylic acids is 1. The summed E-state index contributed by atoms with van der Waals surface area (Å²) in [5, 5.41) is 12.3. The van der Waals surface area contributed by atoms with Crippen molar-refractivity contribution in [3.8, 4) is 0 Å². The van der Waals surface area contributed by atoms with Gasteiger partial charge in [-0.25, -0.2) is 18.4 Å². The van der Waals surface area contributed by atoms with E-state index in [-0.39, 0.29) is 23.9 Å². The van der Waals surface area contributed by atoms with Crippen LogP contribution in [0.4, 0.5) is 13.6 Å². The van der Waals surface area contributed by atoms with Crippen LogP contribution >= 0.6 is 15.9 Å². The minimum absolute atomic E-state index is 0.0841. The van der Waals surface area contributed by atoms with Crippen molar-refractivity contribution >= 4 is 28.0 Å². The van der Waals surface area contributed by atoms with Gasteiger partial charge in [-0.3, -0.25) is 0 Å². The second-order valence-corrected chi connectivity index (χ2v) is 8.01. The molecule has 1 aromatic carbocycles. The van der Waals surface area contributed by atoms with E-state index in [2.05, 4.69) is 21.1 Å². The Kier molecular flexibility index (Phi) is 7.42. The number of amides is 1. The van der Waals surface area contributed by atoms with Crippen LogP contribution in [-0.4, -0.2) is 46.4 Å². The Hall–Kier alpha value is -2.75. The average Bonchev–Trinajstić information content (AvgIpc) is 3.19. The first-order valence-electron chi connectivity index (χ1n) is 9.69. The summed E-state index contributed by atoms with van der Waals surface area (Å²) in [5.74, 6) is -3.82. The van der Waals surface area contributed by atoms with Gasteiger partial charge in [0.2, 0.25) is 0 Å². The Bertz CT molecular complexity index is 963. The van der Waals surface area contributed by atoms with Gasteiger partial charge in [-0.1, -0.05) is 45.4 Å². The number of halogens is 3. The molecular weight excluding hydrogens is 478 g/mol. The van der Waals surface area contributed by atoms with E-state index in [0.29, 0.717) is 36.0 Å². The molecule has 1 atom stereocenters. The fraction of sp³-hybridized carbons (Fsp3) is 0.381. The molecule has 0 radical (unpaired) electrons. The standard InChI is InChI=1S/C21H21BrF2N2O5/c22-15-5-1-4-14(12-15)21(23,24)9-2-6-16-8-11-30-20(29)26(16)10-3-7-17-13-18(19(27)28)25-31-17/h1-2,4-6,12-13,16H,3,7-11H2,(H,27,28)/b6-2+/t16-/m0/s1. The molecule has 10 heteroatoms. The number of aryl methyl sites for hydroxylation is 1. The van der Waals surface area contributed by atoms with Gasteiger partial charge >= 0.3 is 12.1 Å². The number of hydrogen-bond acceptors (Lipinski definition) is 5. The van der Waals surface area contributed by atoms with Crippen LogP contribution in [0.15, 0.2) is 51.5 Å². The summed E-state index contributed by atoms with van der Waals surface area (Å²) >= 11 is 3.20. The van der Waals surface area contributed by atoms with Crippen LogP contribution in [0.3, 0.4) is 0 Å². The van der Waals surface area contributed by atoms with Gasteiger partial charge in [-0.15, -0.1) is 0 Å². The number of hydrogen-bond donors (Lipinski definition) is 1. The van der Waals surface area contributed by atoms with Gasteiger partial charge in [0, 0.05) is 41.9 Å². The summed E-state index contributed by atoms with van der Waals surface area (Å²) < 4.78 is 39.6. The molecule has 0 aliphatic carbocycles. The topological polar surface area (TPSA) is 92.9 Å². The van der Waals surface area contributed by atoms with Crippen molar-refractivity contribution in [1.82, 2.24) is 10.1 Å². The lowest BCUT2D eigenvalue weighted by molar-refractivity contribution is -0.00127. The molecule has 1 saturated heterocycles. The van der Waals surface area contributed by atoms with Gasteiger partial charge in [0.25, 0.3) is 5.92 Å². The van der Waals surface area contributed by atoms with E-state index in [0.717, 1.165) is 0 Å². The quantitative estimate of drug-likeness (QED) is 0.488. The predicted octanol–water partition coefficient (Wildman–Crippen LogP) is 5.02. The molecule has 1 aliphatic heterocycles. The molecule has 1 aromatic heterocycles. The van der Waals surface area contributed by atoms with Gasteiger partial charge in [0.05, 0.1) is 12.6 Å². The number of alkyl halides is 2. The fourth-order valence-electron chi connectivity index (χ4n) is 3.26. The third-order valence-corrected chi connectivity index (χ3v) is 5.35. The molecule has 1 amide bonds. The van der Waals surface area contributed by atoms with E-state index in [1.807, 2.05) is 0 Å². The third-order valence-electron chi connectivity index (χ3n) is 4.85. The van der Waals surface area contributed by atoms with Crippen LogP contribution in [0.1, 0.15) is 41.1 Å². The first kappa shape index (κ1) is 22.9. The molecule has 0 saturated carbocycles. The Morgan fingerprint density at radius 1 is 1.39 bits per heavy atom. The molecule has 0 spiro atoms. The van der Waals surface area contributed by atoms with E-state index in [1.165, 1.54) is 29.2 Å². The highest BCUT2D eigenvalue weighted by atomic mass is 79.9. The number of carboxylic acid groups (broad SMARTS) is 1. The summed E-state index contributed by atoms with van der Waals surface area (Å²) in [6.45, 7) is 0.523. The van der Waals surface area contributed by atoms with Gasteiger partial charge < -0.3 is 19.3 Å². The second kappa shape index (κ2) is 10.0. The highest BCUT2D eigenvalue weighted by Crippen LogP contribution is 2.33. The zero-order valence-corrected chi connectivity index (χ0v) is 18.1. The molecule has 3 rings (SSSR count). The summed E-state index contributed by atoms with van der Waals surface area (Å²) in [5.41, 5.74) is -0.265. The molecule has 31 heavy (non-hydrogen) atoms. The van der Waals surface area contributed by atoms with Crippen molar-refractivity contribution in [3.63, 3.8) is 0 Å². The number of carbonyl (C=O) groups is 2. The van der Waals surface area contributed by atoms with Gasteiger partial charge in [-0.05, 0) is 18.6 Å². The zero-order valence-electron chi connectivity index (χ0n) is 16.5. The molecular formula is C21H21BrF2N2O5. The lowest BCUT2D eigenvalue weighted by Gasteiger charge is -2.33. The Morgan fingerprint density at radius 2 is 2.19 bits per heavy atom. The smallest absolute Gasteiger partial charge is 0.410 e. The summed E-state index contributed by atoms with van der Waals surface area (Å²) in [7, 11) is 0. The number of aromatic nitrogens is 1. The minimum Gasteiger partial charge on any atom is -0.476 e. The van der Waals surface area contributed by atoms with Crippen molar-refractivity contribution in [2.75, 3.05) is 13.2 Å². The normalized spacial score (nSPS) is 17.2. The molecule has 7 nitrogen and oxygen atoms in total. The summed E-state index contributed by atoms with van der Waals surface area (Å²) in [6, 6.07) is 6.98. The number of ether oxygens (including phenoxy) is 1. The highest BCUT2D eigenvalue weighted by molar-refractivity contribution is 9.10. The Labute approximate surface area is 185 Å². The van der Waals surface area contributed by atoms with Crippen molar-refractivity contribution in [3.05, 3.63) is 64.0 Å². The van der Waals surface area contributed by atoms with E-state index in [4.69, 9.17) is 14.4 Å². The van der Waals surface area contributed by atoms with E-state index in [1.54, 1.807) is 18.2 Å². The van der Waals surface area contributed by atoms with E-state index < -0.39 is 24.4 Å². The average molecular weight is 499 g/mol. The van der Waals surface area contributed by atoms with Crippen molar-refractivity contribution in [2.24, 2.45) is 0 Å². The largest absolute Gasteiger partial charge is 0.476 e. The summed E-state index contributed by atoms with van der Waals surface area (Å²) in [6.07, 6.45) is 3.36. The first-order chi connectivity index (χ1) is 14.8. The third kappa shape index (κ3) is 6.13. The van der Waals surface area contributed by atoms with Crippen LogP contribution in [0, 0.1) is 0 Å².